The summed E-state index contributed by atoms with van der Waals surface area (Å²) in [4.78, 5) is 17.3. The van der Waals surface area contributed by atoms with Gasteiger partial charge in [0, 0.05) is 23.0 Å². The largest absolute Gasteiger partial charge is 0.418 e. The molecule has 3 rings (SSSR count). The van der Waals surface area contributed by atoms with Gasteiger partial charge in [0.2, 0.25) is 5.91 Å². The molecule has 23 heavy (non-hydrogen) atoms. The second kappa shape index (κ2) is 6.05. The third kappa shape index (κ3) is 3.16. The lowest BCUT2D eigenvalue weighted by atomic mass is 10.1. The van der Waals surface area contributed by atoms with E-state index in [-0.39, 0.29) is 22.4 Å². The average Bonchev–Trinajstić information content (AvgIpc) is 2.89. The van der Waals surface area contributed by atoms with E-state index in [1.165, 1.54) is 28.8 Å². The molecule has 0 bridgehead atoms. The number of pyridine rings is 1. The maximum atomic E-state index is 13.3. The zero-order valence-corrected chi connectivity index (χ0v) is 13.1. The predicted octanol–water partition coefficient (Wildman–Crippen LogP) is 4.53. The highest BCUT2D eigenvalue weighted by Gasteiger charge is 2.41. The third-order valence-corrected chi connectivity index (χ3v) is 4.81. The van der Waals surface area contributed by atoms with Crippen LogP contribution in [0.15, 0.2) is 42.7 Å². The van der Waals surface area contributed by atoms with Crippen molar-refractivity contribution in [2.45, 2.75) is 11.6 Å². The Morgan fingerprint density at radius 2 is 2.09 bits per heavy atom. The molecule has 0 aliphatic carbocycles. The van der Waals surface area contributed by atoms with Crippen LogP contribution in [0.4, 0.5) is 18.9 Å². The SMILES string of the molecule is O=C1CSC(c2cccnc2)N1c1ccc(Cl)cc1C(F)(F)F. The Labute approximate surface area is 139 Å². The molecule has 3 nitrogen and oxygen atoms in total. The van der Waals surface area contributed by atoms with E-state index in [1.54, 1.807) is 24.5 Å². The molecule has 1 aromatic carbocycles. The number of carbonyl (C=O) groups is 1. The minimum atomic E-state index is -4.60. The summed E-state index contributed by atoms with van der Waals surface area (Å²) in [5.41, 5.74) is -0.438. The normalized spacial score (nSPS) is 18.5. The number of anilines is 1. The topological polar surface area (TPSA) is 33.2 Å². The number of aromatic nitrogens is 1. The van der Waals surface area contributed by atoms with Crippen LogP contribution in [0, 0.1) is 0 Å². The molecule has 1 aromatic heterocycles. The van der Waals surface area contributed by atoms with Crippen LogP contribution in [0.25, 0.3) is 0 Å². The highest BCUT2D eigenvalue weighted by atomic mass is 35.5. The van der Waals surface area contributed by atoms with Gasteiger partial charge in [-0.25, -0.2) is 0 Å². The number of carbonyl (C=O) groups excluding carboxylic acids is 1. The van der Waals surface area contributed by atoms with Gasteiger partial charge in [-0.15, -0.1) is 11.8 Å². The van der Waals surface area contributed by atoms with Crippen LogP contribution in [0.3, 0.4) is 0 Å². The molecule has 1 aliphatic heterocycles. The van der Waals surface area contributed by atoms with Gasteiger partial charge in [0.25, 0.3) is 0 Å². The average molecular weight is 359 g/mol. The number of halogens is 4. The fourth-order valence-corrected chi connectivity index (χ4v) is 3.72. The molecule has 1 aliphatic rings. The Morgan fingerprint density at radius 3 is 2.74 bits per heavy atom. The van der Waals surface area contributed by atoms with Gasteiger partial charge < -0.3 is 0 Å². The minimum absolute atomic E-state index is 0.0294. The number of hydrogen-bond donors (Lipinski definition) is 0. The number of benzene rings is 1. The molecule has 120 valence electrons. The molecule has 1 unspecified atom stereocenters. The van der Waals surface area contributed by atoms with Gasteiger partial charge in [-0.2, -0.15) is 13.2 Å². The lowest BCUT2D eigenvalue weighted by Gasteiger charge is -2.27. The lowest BCUT2D eigenvalue weighted by molar-refractivity contribution is -0.137. The van der Waals surface area contributed by atoms with Gasteiger partial charge in [0.05, 0.1) is 17.0 Å². The van der Waals surface area contributed by atoms with E-state index >= 15 is 0 Å². The molecule has 2 heterocycles. The zero-order valence-electron chi connectivity index (χ0n) is 11.5. The molecule has 1 amide bonds. The predicted molar refractivity (Wildman–Crippen MR) is 83.4 cm³/mol. The summed E-state index contributed by atoms with van der Waals surface area (Å²) in [5, 5.41) is -0.572. The fraction of sp³-hybridized carbons (Fsp3) is 0.200. The van der Waals surface area contributed by atoms with Gasteiger partial charge in [0.1, 0.15) is 5.37 Å². The Hall–Kier alpha value is -1.73. The Morgan fingerprint density at radius 1 is 1.30 bits per heavy atom. The Bertz CT molecular complexity index is 739. The number of thioether (sulfide) groups is 1. The highest BCUT2D eigenvalue weighted by Crippen LogP contribution is 2.46. The minimum Gasteiger partial charge on any atom is -0.294 e. The van der Waals surface area contributed by atoms with Crippen molar-refractivity contribution < 1.29 is 18.0 Å². The summed E-state index contributed by atoms with van der Waals surface area (Å²) in [5.74, 6) is -0.267. The zero-order chi connectivity index (χ0) is 16.6. The lowest BCUT2D eigenvalue weighted by Crippen LogP contribution is -2.30. The van der Waals surface area contributed by atoms with E-state index in [4.69, 9.17) is 11.6 Å². The van der Waals surface area contributed by atoms with Crippen molar-refractivity contribution in [2.24, 2.45) is 0 Å². The van der Waals surface area contributed by atoms with Gasteiger partial charge in [-0.05, 0) is 24.3 Å². The van der Waals surface area contributed by atoms with Crippen LogP contribution >= 0.6 is 23.4 Å². The van der Waals surface area contributed by atoms with Crippen molar-refractivity contribution in [3.05, 3.63) is 58.9 Å². The van der Waals surface area contributed by atoms with E-state index in [9.17, 15) is 18.0 Å². The molecule has 1 saturated heterocycles. The van der Waals surface area contributed by atoms with Gasteiger partial charge in [-0.3, -0.25) is 14.7 Å². The first-order valence-corrected chi connectivity index (χ1v) is 8.01. The number of alkyl halides is 3. The number of nitrogens with zero attached hydrogens (tertiary/aromatic N) is 2. The van der Waals surface area contributed by atoms with Crippen molar-refractivity contribution in [3.63, 3.8) is 0 Å². The molecule has 1 atom stereocenters. The van der Waals surface area contributed by atoms with Crippen LogP contribution in [0.2, 0.25) is 5.02 Å². The van der Waals surface area contributed by atoms with Crippen molar-refractivity contribution >= 4 is 35.0 Å². The van der Waals surface area contributed by atoms with Gasteiger partial charge in [0.15, 0.2) is 0 Å². The molecule has 2 aromatic rings. The maximum absolute atomic E-state index is 13.3. The second-order valence-electron chi connectivity index (χ2n) is 4.87. The van der Waals surface area contributed by atoms with Crippen LogP contribution in [-0.2, 0) is 11.0 Å². The molecule has 0 saturated carbocycles. The summed E-state index contributed by atoms with van der Waals surface area (Å²) in [6.45, 7) is 0. The molecular weight excluding hydrogens is 349 g/mol. The smallest absolute Gasteiger partial charge is 0.294 e. The highest BCUT2D eigenvalue weighted by molar-refractivity contribution is 8.00. The monoisotopic (exact) mass is 358 g/mol. The summed E-state index contributed by atoms with van der Waals surface area (Å²) in [6, 6.07) is 6.84. The van der Waals surface area contributed by atoms with E-state index < -0.39 is 17.1 Å². The van der Waals surface area contributed by atoms with E-state index in [0.717, 1.165) is 6.07 Å². The van der Waals surface area contributed by atoms with E-state index in [0.29, 0.717) is 5.56 Å². The number of amides is 1. The molecule has 0 spiro atoms. The summed E-state index contributed by atoms with van der Waals surface area (Å²) in [6.07, 6.45) is -1.49. The molecule has 1 fully saturated rings. The molecule has 8 heteroatoms. The van der Waals surface area contributed by atoms with Gasteiger partial charge in [-0.1, -0.05) is 17.7 Å². The Kier molecular flexibility index (Phi) is 4.25. The number of rotatable bonds is 2. The van der Waals surface area contributed by atoms with Crippen molar-refractivity contribution in [1.82, 2.24) is 4.98 Å². The van der Waals surface area contributed by atoms with Crippen molar-refractivity contribution in [3.8, 4) is 0 Å². The van der Waals surface area contributed by atoms with Crippen LogP contribution in [0.5, 0.6) is 0 Å². The maximum Gasteiger partial charge on any atom is 0.418 e. The fourth-order valence-electron chi connectivity index (χ4n) is 2.40. The quantitative estimate of drug-likeness (QED) is 0.790. The summed E-state index contributed by atoms with van der Waals surface area (Å²) < 4.78 is 40.0. The summed E-state index contributed by atoms with van der Waals surface area (Å²) >= 11 is 6.97. The Balaban J connectivity index is 2.11. The molecular formula is C15H10ClF3N2OS. The van der Waals surface area contributed by atoms with Crippen molar-refractivity contribution in [1.29, 1.82) is 0 Å². The molecule has 0 radical (unpaired) electrons. The summed E-state index contributed by atoms with van der Waals surface area (Å²) in [7, 11) is 0. The standard InChI is InChI=1S/C15H10ClF3N2OS/c16-10-3-4-12(11(6-10)15(17,18)19)21-13(22)8-23-14(21)9-2-1-5-20-7-9/h1-7,14H,8H2. The van der Waals surface area contributed by atoms with Crippen molar-refractivity contribution in [2.75, 3.05) is 10.7 Å². The first kappa shape index (κ1) is 16.1. The van der Waals surface area contributed by atoms with Crippen LogP contribution in [-0.4, -0.2) is 16.6 Å². The number of hydrogen-bond acceptors (Lipinski definition) is 3. The van der Waals surface area contributed by atoms with E-state index in [2.05, 4.69) is 4.98 Å². The van der Waals surface area contributed by atoms with Gasteiger partial charge >= 0.3 is 6.18 Å². The second-order valence-corrected chi connectivity index (χ2v) is 6.38. The molecule has 0 N–H and O–H groups in total. The first-order valence-electron chi connectivity index (χ1n) is 6.58. The van der Waals surface area contributed by atoms with E-state index in [1.807, 2.05) is 0 Å². The van der Waals surface area contributed by atoms with Crippen LogP contribution in [0.1, 0.15) is 16.5 Å². The third-order valence-electron chi connectivity index (χ3n) is 3.36. The van der Waals surface area contributed by atoms with Crippen LogP contribution < -0.4 is 4.90 Å². The first-order chi connectivity index (χ1) is 10.9.